The van der Waals surface area contributed by atoms with Crippen molar-refractivity contribution >= 4 is 29.6 Å². The lowest BCUT2D eigenvalue weighted by molar-refractivity contribution is -0.674. The van der Waals surface area contributed by atoms with Crippen LogP contribution in [-0.2, 0) is 9.59 Å². The summed E-state index contributed by atoms with van der Waals surface area (Å²) < 4.78 is 7.38. The number of nitrogens with two attached hydrogens (primary N) is 2. The van der Waals surface area contributed by atoms with Crippen LogP contribution in [0.4, 0.5) is 0 Å². The van der Waals surface area contributed by atoms with Crippen molar-refractivity contribution in [3.63, 3.8) is 0 Å². The van der Waals surface area contributed by atoms with Gasteiger partial charge in [-0.15, -0.1) is 0 Å². The molecular formula is C25H34N8O6+2. The van der Waals surface area contributed by atoms with Crippen LogP contribution in [0.15, 0.2) is 18.2 Å². The highest BCUT2D eigenvalue weighted by molar-refractivity contribution is 6.02. The molecular weight excluding hydrogens is 508 g/mol. The van der Waals surface area contributed by atoms with Gasteiger partial charge in [-0.2, -0.15) is 0 Å². The second-order valence-corrected chi connectivity index (χ2v) is 10.8. The molecule has 3 amide bonds. The normalized spacial score (nSPS) is 32.5. The van der Waals surface area contributed by atoms with E-state index in [1.165, 1.54) is 4.58 Å². The first-order valence-corrected chi connectivity index (χ1v) is 13.3. The van der Waals surface area contributed by atoms with Crippen molar-refractivity contribution in [2.45, 2.75) is 68.1 Å². The van der Waals surface area contributed by atoms with Gasteiger partial charge < -0.3 is 20.3 Å². The second kappa shape index (κ2) is 8.81. The molecule has 208 valence electrons. The van der Waals surface area contributed by atoms with Crippen LogP contribution in [0.1, 0.15) is 54.4 Å². The molecule has 0 aliphatic carbocycles. The van der Waals surface area contributed by atoms with Gasteiger partial charge in [0.15, 0.2) is 6.04 Å². The molecule has 0 saturated carbocycles. The van der Waals surface area contributed by atoms with Gasteiger partial charge in [-0.05, 0) is 30.4 Å². The minimum Gasteiger partial charge on any atom is -0.492 e. The number of fused-ring (bicyclic) bond motifs is 1. The fourth-order valence-electron chi connectivity index (χ4n) is 6.75. The number of aliphatic hydroxyl groups is 2. The molecule has 10 N–H and O–H groups in total. The highest BCUT2D eigenvalue weighted by Crippen LogP contribution is 2.40. The van der Waals surface area contributed by atoms with Gasteiger partial charge in [0, 0.05) is 12.8 Å². The van der Waals surface area contributed by atoms with Crippen molar-refractivity contribution in [1.82, 2.24) is 20.9 Å². The van der Waals surface area contributed by atoms with E-state index < -0.39 is 35.5 Å². The number of guanidine groups is 2. The Kier molecular flexibility index (Phi) is 5.73. The van der Waals surface area contributed by atoms with E-state index >= 15 is 0 Å². The molecule has 1 aromatic rings. The largest absolute Gasteiger partial charge is 0.492 e. The maximum Gasteiger partial charge on any atom is 0.347 e. The standard InChI is InChI=1S/C25H32N8O6/c1-2-12-8-9-39-19-13(12)4-3-5-14(19)21(36)29-16-11-33-23(27)28-15(10-32-17(34)6-7-18(32)35)20-24(33,25(16,37)38)31-22(26)30-20/h3-5,12,15-16,20,37-38H,2,6-11H2,1H3,(H6,26,27,28,29,30,31,36)/p+2/t12?,15-,16?,20-,24-/m0/s1. The van der Waals surface area contributed by atoms with Crippen LogP contribution in [0.2, 0.25) is 0 Å². The Morgan fingerprint density at radius 1 is 1.28 bits per heavy atom. The van der Waals surface area contributed by atoms with E-state index in [2.05, 4.69) is 27.9 Å². The van der Waals surface area contributed by atoms with E-state index in [0.29, 0.717) is 17.9 Å². The fourth-order valence-corrected chi connectivity index (χ4v) is 6.75. The van der Waals surface area contributed by atoms with Crippen molar-refractivity contribution in [2.75, 3.05) is 19.7 Å². The average Bonchev–Trinajstić information content (AvgIpc) is 3.50. The molecule has 5 heterocycles. The van der Waals surface area contributed by atoms with E-state index in [0.717, 1.165) is 23.3 Å². The quantitative estimate of drug-likeness (QED) is 0.101. The molecule has 2 fully saturated rings. The molecule has 2 saturated heterocycles. The SMILES string of the molecule is CCC1CCOc2c(C(=O)NC3C[N+]4=C(N)N[C@@H](CN5C(=O)CCC5=O)[C@@H]5[NH+]=C(N)N[C@@]54C3(O)O)cccc21. The number of amides is 3. The third-order valence-corrected chi connectivity index (χ3v) is 8.73. The van der Waals surface area contributed by atoms with Gasteiger partial charge in [0.25, 0.3) is 17.4 Å². The van der Waals surface area contributed by atoms with Crippen molar-refractivity contribution in [2.24, 2.45) is 11.5 Å². The first-order valence-electron chi connectivity index (χ1n) is 13.3. The van der Waals surface area contributed by atoms with E-state index in [1.54, 1.807) is 12.1 Å². The molecule has 6 rings (SSSR count). The summed E-state index contributed by atoms with van der Waals surface area (Å²) in [6.45, 7) is 2.45. The number of benzene rings is 1. The molecule has 1 aromatic carbocycles. The van der Waals surface area contributed by atoms with Crippen molar-refractivity contribution in [3.8, 4) is 5.75 Å². The first kappa shape index (κ1) is 25.4. The summed E-state index contributed by atoms with van der Waals surface area (Å²) >= 11 is 0. The Hall–Kier alpha value is -3.91. The Bertz CT molecular complexity index is 1310. The molecule has 39 heavy (non-hydrogen) atoms. The minimum absolute atomic E-state index is 0.0558. The number of rotatable bonds is 5. The molecule has 2 unspecified atom stereocenters. The van der Waals surface area contributed by atoms with Gasteiger partial charge in [-0.3, -0.25) is 41.1 Å². The van der Waals surface area contributed by atoms with Crippen LogP contribution in [0.3, 0.4) is 0 Å². The summed E-state index contributed by atoms with van der Waals surface area (Å²) in [5.41, 5.74) is 12.0. The summed E-state index contributed by atoms with van der Waals surface area (Å²) in [6, 6.07) is 2.63. The highest BCUT2D eigenvalue weighted by atomic mass is 16.5. The average molecular weight is 543 g/mol. The molecule has 5 aliphatic heterocycles. The lowest BCUT2D eigenvalue weighted by Gasteiger charge is -2.41. The number of carbonyl (C=O) groups excluding carboxylic acids is 3. The third kappa shape index (κ3) is 3.58. The van der Waals surface area contributed by atoms with E-state index in [9.17, 15) is 24.6 Å². The molecule has 1 spiro atoms. The van der Waals surface area contributed by atoms with Gasteiger partial charge >= 0.3 is 11.9 Å². The zero-order valence-corrected chi connectivity index (χ0v) is 21.6. The number of para-hydroxylation sites is 1. The Morgan fingerprint density at radius 3 is 2.74 bits per heavy atom. The number of nitrogens with zero attached hydrogens (tertiary/aromatic N) is 2. The molecule has 0 radical (unpaired) electrons. The summed E-state index contributed by atoms with van der Waals surface area (Å²) in [7, 11) is 0. The number of ether oxygens (including phenoxy) is 1. The highest BCUT2D eigenvalue weighted by Gasteiger charge is 2.78. The molecule has 0 bridgehead atoms. The maximum atomic E-state index is 13.5. The summed E-state index contributed by atoms with van der Waals surface area (Å²) in [6.07, 6.45) is 2.02. The number of hydrogen-bond acceptors (Lipinski definition) is 10. The van der Waals surface area contributed by atoms with Crippen LogP contribution in [0.5, 0.6) is 5.75 Å². The Labute approximate surface area is 224 Å². The second-order valence-electron chi connectivity index (χ2n) is 10.8. The van der Waals surface area contributed by atoms with Crippen LogP contribution < -0.4 is 37.1 Å². The van der Waals surface area contributed by atoms with E-state index in [1.807, 2.05) is 6.07 Å². The zero-order valence-electron chi connectivity index (χ0n) is 21.6. The Balaban J connectivity index is 1.31. The molecule has 5 aliphatic rings. The van der Waals surface area contributed by atoms with Crippen LogP contribution in [0, 0.1) is 0 Å². The van der Waals surface area contributed by atoms with Gasteiger partial charge in [0.05, 0.1) is 25.3 Å². The Morgan fingerprint density at radius 2 is 2.03 bits per heavy atom. The van der Waals surface area contributed by atoms with Crippen molar-refractivity contribution in [1.29, 1.82) is 0 Å². The smallest absolute Gasteiger partial charge is 0.347 e. The lowest BCUT2D eigenvalue weighted by atomic mass is 9.85. The summed E-state index contributed by atoms with van der Waals surface area (Å²) in [5.74, 6) is -2.82. The number of carbonyl (C=O) groups is 3. The summed E-state index contributed by atoms with van der Waals surface area (Å²) in [5, 5.41) is 32.2. The number of likely N-dealkylation sites (tertiary alicyclic amines) is 1. The fraction of sp³-hybridized carbons (Fsp3) is 0.560. The minimum atomic E-state index is -2.59. The number of hydrogen-bond donors (Lipinski definition) is 8. The summed E-state index contributed by atoms with van der Waals surface area (Å²) in [4.78, 5) is 42.3. The van der Waals surface area contributed by atoms with Crippen LogP contribution in [-0.4, -0.2) is 98.6 Å². The zero-order chi connectivity index (χ0) is 27.7. The van der Waals surface area contributed by atoms with Gasteiger partial charge in [-0.25, -0.2) is 9.89 Å². The van der Waals surface area contributed by atoms with E-state index in [4.69, 9.17) is 16.2 Å². The van der Waals surface area contributed by atoms with Gasteiger partial charge in [-0.1, -0.05) is 19.1 Å². The molecule has 14 heteroatoms. The maximum absolute atomic E-state index is 13.5. The number of nitrogens with one attached hydrogen (secondary N) is 4. The third-order valence-electron chi connectivity index (χ3n) is 8.73. The lowest BCUT2D eigenvalue weighted by Crippen LogP contribution is -2.92. The topological polar surface area (TPSA) is 209 Å². The van der Waals surface area contributed by atoms with Crippen molar-refractivity contribution in [3.05, 3.63) is 29.3 Å². The predicted octanol–water partition coefficient (Wildman–Crippen LogP) is -4.73. The molecule has 14 nitrogen and oxygen atoms in total. The van der Waals surface area contributed by atoms with Crippen LogP contribution in [0.25, 0.3) is 0 Å². The van der Waals surface area contributed by atoms with Crippen molar-refractivity contribution < 1.29 is 38.9 Å². The van der Waals surface area contributed by atoms with Gasteiger partial charge in [0.1, 0.15) is 17.8 Å². The van der Waals surface area contributed by atoms with Crippen LogP contribution >= 0.6 is 0 Å². The van der Waals surface area contributed by atoms with E-state index in [-0.39, 0.29) is 55.6 Å². The predicted molar refractivity (Wildman–Crippen MR) is 135 cm³/mol. The van der Waals surface area contributed by atoms with Gasteiger partial charge in [0.2, 0.25) is 11.8 Å². The molecule has 0 aromatic heterocycles. The number of imide groups is 1. The monoisotopic (exact) mass is 542 g/mol. The first-order chi connectivity index (χ1) is 18.6. The molecule has 5 atom stereocenters.